The average molecular weight is 413 g/mol. The molecule has 0 aliphatic rings. The number of aliphatic hydroxyl groups excluding tert-OH is 1. The van der Waals surface area contributed by atoms with Crippen molar-refractivity contribution in [1.82, 2.24) is 9.97 Å². The number of benzene rings is 3. The molecule has 0 aliphatic heterocycles. The van der Waals surface area contributed by atoms with Crippen LogP contribution in [0, 0.1) is 11.3 Å². The number of nitrogens with one attached hydrogen (secondary N) is 1. The van der Waals surface area contributed by atoms with Crippen LogP contribution in [0.2, 0.25) is 0 Å². The summed E-state index contributed by atoms with van der Waals surface area (Å²) in [6.45, 7) is 1.50. The zero-order chi connectivity index (χ0) is 22.0. The molecule has 0 bridgehead atoms. The number of carbonyl (C=O) groups is 1. The second-order valence-electron chi connectivity index (χ2n) is 6.88. The van der Waals surface area contributed by atoms with Crippen molar-refractivity contribution in [2.24, 2.45) is 0 Å². The summed E-state index contributed by atoms with van der Waals surface area (Å²) in [5, 5.41) is 21.7. The van der Waals surface area contributed by atoms with Crippen molar-refractivity contribution in [3.05, 3.63) is 77.8 Å². The van der Waals surface area contributed by atoms with Gasteiger partial charge in [-0.2, -0.15) is 5.26 Å². The van der Waals surface area contributed by atoms with E-state index in [0.717, 1.165) is 10.9 Å². The molecular formula is C24H19N3O4. The first kappa shape index (κ1) is 20.0. The molecule has 1 atom stereocenters. The molecule has 0 amide bonds. The molecule has 0 aliphatic carbocycles. The first-order valence-corrected chi connectivity index (χ1v) is 9.58. The third-order valence-electron chi connectivity index (χ3n) is 4.99. The molecule has 4 rings (SSSR count). The molecule has 0 saturated heterocycles. The standard InChI is InChI=1S/C24H19N3O4/c1-14(22(28)18(13-25)23-26-19-9-5-6-10-20(19)27-23)31-24(29)17-11-12-21(30-2)16-8-4-3-7-15(16)17/h3-12,14,28H,1-2H3,(H,26,27)/b22-18-/t14-/m1/s1. The van der Waals surface area contributed by atoms with Gasteiger partial charge in [-0.3, -0.25) is 0 Å². The number of nitrogens with zero attached hydrogens (tertiary/aromatic N) is 2. The zero-order valence-corrected chi connectivity index (χ0v) is 16.9. The van der Waals surface area contributed by atoms with Gasteiger partial charge in [-0.15, -0.1) is 0 Å². The summed E-state index contributed by atoms with van der Waals surface area (Å²) in [5.74, 6) is -0.161. The number of allylic oxidation sites excluding steroid dienone is 1. The van der Waals surface area contributed by atoms with Crippen molar-refractivity contribution in [3.8, 4) is 11.8 Å². The molecule has 31 heavy (non-hydrogen) atoms. The lowest BCUT2D eigenvalue weighted by Crippen LogP contribution is -2.19. The highest BCUT2D eigenvalue weighted by molar-refractivity contribution is 6.06. The number of fused-ring (bicyclic) bond motifs is 2. The minimum atomic E-state index is -1.06. The van der Waals surface area contributed by atoms with Crippen LogP contribution in [0.5, 0.6) is 5.75 Å². The molecule has 0 unspecified atom stereocenters. The summed E-state index contributed by atoms with van der Waals surface area (Å²) in [7, 11) is 1.56. The SMILES string of the molecule is COc1ccc(C(=O)O[C@H](C)/C(O)=C(\C#N)c2nc3ccccc3[nH]2)c2ccccc12. The van der Waals surface area contributed by atoms with E-state index in [1.807, 2.05) is 42.5 Å². The number of ether oxygens (including phenoxy) is 2. The maximum Gasteiger partial charge on any atom is 0.339 e. The van der Waals surface area contributed by atoms with E-state index in [2.05, 4.69) is 9.97 Å². The van der Waals surface area contributed by atoms with E-state index in [9.17, 15) is 15.2 Å². The molecule has 7 nitrogen and oxygen atoms in total. The number of methoxy groups -OCH3 is 1. The van der Waals surface area contributed by atoms with Crippen LogP contribution in [-0.4, -0.2) is 34.3 Å². The number of imidazole rings is 1. The molecule has 0 fully saturated rings. The molecule has 1 aromatic heterocycles. The van der Waals surface area contributed by atoms with Gasteiger partial charge in [-0.25, -0.2) is 9.78 Å². The monoisotopic (exact) mass is 413 g/mol. The number of carbonyl (C=O) groups excluding carboxylic acids is 1. The van der Waals surface area contributed by atoms with Crippen molar-refractivity contribution < 1.29 is 19.4 Å². The topological polar surface area (TPSA) is 108 Å². The van der Waals surface area contributed by atoms with Gasteiger partial charge in [0, 0.05) is 5.39 Å². The maximum absolute atomic E-state index is 12.9. The number of aromatic nitrogens is 2. The van der Waals surface area contributed by atoms with Crippen molar-refractivity contribution >= 4 is 33.3 Å². The lowest BCUT2D eigenvalue weighted by molar-refractivity contribution is 0.0336. The van der Waals surface area contributed by atoms with Crippen LogP contribution >= 0.6 is 0 Å². The molecule has 7 heteroatoms. The van der Waals surface area contributed by atoms with Crippen LogP contribution < -0.4 is 4.74 Å². The Kier molecular flexibility index (Phi) is 5.29. The highest BCUT2D eigenvalue weighted by Gasteiger charge is 2.23. The Morgan fingerprint density at radius 2 is 1.81 bits per heavy atom. The first-order chi connectivity index (χ1) is 15.0. The number of H-pyrrole nitrogens is 1. The number of para-hydroxylation sites is 2. The van der Waals surface area contributed by atoms with E-state index in [4.69, 9.17) is 9.47 Å². The highest BCUT2D eigenvalue weighted by atomic mass is 16.6. The second kappa shape index (κ2) is 8.20. The largest absolute Gasteiger partial charge is 0.507 e. The van der Waals surface area contributed by atoms with Crippen molar-refractivity contribution in [2.75, 3.05) is 7.11 Å². The van der Waals surface area contributed by atoms with E-state index >= 15 is 0 Å². The van der Waals surface area contributed by atoms with Gasteiger partial charge in [0.15, 0.2) is 17.7 Å². The van der Waals surface area contributed by atoms with Gasteiger partial charge in [0.2, 0.25) is 0 Å². The molecule has 0 saturated carbocycles. The summed E-state index contributed by atoms with van der Waals surface area (Å²) in [6, 6.07) is 19.8. The number of esters is 1. The summed E-state index contributed by atoms with van der Waals surface area (Å²) >= 11 is 0. The minimum absolute atomic E-state index is 0.0870. The van der Waals surface area contributed by atoms with Crippen molar-refractivity contribution in [2.45, 2.75) is 13.0 Å². The number of hydrogen-bond donors (Lipinski definition) is 2. The van der Waals surface area contributed by atoms with Crippen LogP contribution in [-0.2, 0) is 4.74 Å². The summed E-state index contributed by atoms with van der Waals surface area (Å²) in [4.78, 5) is 20.2. The Morgan fingerprint density at radius 3 is 2.52 bits per heavy atom. The molecule has 0 radical (unpaired) electrons. The number of rotatable bonds is 5. The quantitative estimate of drug-likeness (QED) is 0.277. The third-order valence-corrected chi connectivity index (χ3v) is 4.99. The smallest absolute Gasteiger partial charge is 0.339 e. The number of nitriles is 1. The van der Waals surface area contributed by atoms with Crippen LogP contribution in [0.25, 0.3) is 27.4 Å². The fourth-order valence-corrected chi connectivity index (χ4v) is 3.41. The Bertz CT molecular complexity index is 1330. The highest BCUT2D eigenvalue weighted by Crippen LogP contribution is 2.29. The van der Waals surface area contributed by atoms with E-state index in [1.54, 1.807) is 31.4 Å². The van der Waals surface area contributed by atoms with Gasteiger partial charge >= 0.3 is 5.97 Å². The minimum Gasteiger partial charge on any atom is -0.507 e. The normalized spacial score (nSPS) is 12.8. The molecule has 3 aromatic carbocycles. The lowest BCUT2D eigenvalue weighted by Gasteiger charge is -2.15. The van der Waals surface area contributed by atoms with Crippen LogP contribution in [0.1, 0.15) is 23.1 Å². The van der Waals surface area contributed by atoms with Crippen molar-refractivity contribution in [3.63, 3.8) is 0 Å². The average Bonchev–Trinajstić information content (AvgIpc) is 3.22. The summed E-state index contributed by atoms with van der Waals surface area (Å²) in [6.07, 6.45) is -1.06. The fraction of sp³-hybridized carbons (Fsp3) is 0.125. The molecule has 4 aromatic rings. The summed E-state index contributed by atoms with van der Waals surface area (Å²) in [5.41, 5.74) is 1.63. The van der Waals surface area contributed by atoms with E-state index in [1.165, 1.54) is 6.92 Å². The van der Waals surface area contributed by atoms with Crippen LogP contribution in [0.15, 0.2) is 66.4 Å². The second-order valence-corrected chi connectivity index (χ2v) is 6.88. The van der Waals surface area contributed by atoms with Gasteiger partial charge in [0.25, 0.3) is 0 Å². The molecule has 2 N–H and O–H groups in total. The first-order valence-electron chi connectivity index (χ1n) is 9.58. The number of aliphatic hydroxyl groups is 1. The number of hydrogen-bond acceptors (Lipinski definition) is 6. The third kappa shape index (κ3) is 3.67. The van der Waals surface area contributed by atoms with E-state index < -0.39 is 12.1 Å². The Hall–Kier alpha value is -4.31. The predicted molar refractivity (Wildman–Crippen MR) is 117 cm³/mol. The molecular weight excluding hydrogens is 394 g/mol. The maximum atomic E-state index is 12.9. The predicted octanol–water partition coefficient (Wildman–Crippen LogP) is 4.76. The van der Waals surface area contributed by atoms with Crippen molar-refractivity contribution in [1.29, 1.82) is 5.26 Å². The number of aromatic amines is 1. The van der Waals surface area contributed by atoms with Gasteiger partial charge in [0.05, 0.1) is 23.7 Å². The molecule has 1 heterocycles. The van der Waals surface area contributed by atoms with Gasteiger partial charge in [-0.05, 0) is 36.6 Å². The Labute approximate surface area is 178 Å². The molecule has 154 valence electrons. The van der Waals surface area contributed by atoms with E-state index in [0.29, 0.717) is 22.2 Å². The Morgan fingerprint density at radius 1 is 1.10 bits per heavy atom. The van der Waals surface area contributed by atoms with Gasteiger partial charge < -0.3 is 19.6 Å². The van der Waals surface area contributed by atoms with Gasteiger partial charge in [-0.1, -0.05) is 36.4 Å². The lowest BCUT2D eigenvalue weighted by atomic mass is 10.0. The van der Waals surface area contributed by atoms with E-state index in [-0.39, 0.29) is 17.2 Å². The summed E-state index contributed by atoms with van der Waals surface area (Å²) < 4.78 is 10.8. The van der Waals surface area contributed by atoms with Gasteiger partial charge in [0.1, 0.15) is 17.4 Å². The zero-order valence-electron chi connectivity index (χ0n) is 16.9. The fourth-order valence-electron chi connectivity index (χ4n) is 3.41. The Balaban J connectivity index is 1.65. The van der Waals surface area contributed by atoms with Crippen LogP contribution in [0.3, 0.4) is 0 Å². The van der Waals surface area contributed by atoms with Crippen LogP contribution in [0.4, 0.5) is 0 Å². The molecule has 0 spiro atoms.